The standard InChI is InChI=1S/C31H36BNO2/c1-8-29(2,3)23-19-24-26(21-15-11-9-12-16-21)27(22-17-13-10-14-18-22)33-28(24)25(20-23)32-34-30(4,5)31(6,7)35-32/h9-20,33H,8H2,1-7H3. The average Bonchev–Trinajstić information content (AvgIpc) is 3.33. The lowest BCUT2D eigenvalue weighted by atomic mass is 9.72. The van der Waals surface area contributed by atoms with Crippen LogP contribution in [-0.4, -0.2) is 23.3 Å². The first kappa shape index (κ1) is 23.9. The molecule has 0 amide bonds. The molecule has 0 spiro atoms. The van der Waals surface area contributed by atoms with Crippen LogP contribution in [0.5, 0.6) is 0 Å². The molecular formula is C31H36BNO2. The third kappa shape index (κ3) is 4.03. The van der Waals surface area contributed by atoms with Gasteiger partial charge in [0.15, 0.2) is 0 Å². The lowest BCUT2D eigenvalue weighted by molar-refractivity contribution is 0.00578. The highest BCUT2D eigenvalue weighted by molar-refractivity contribution is 6.65. The Labute approximate surface area is 210 Å². The molecule has 5 rings (SSSR count). The Morgan fingerprint density at radius 1 is 0.800 bits per heavy atom. The van der Waals surface area contributed by atoms with Crippen LogP contribution in [0.15, 0.2) is 72.8 Å². The van der Waals surface area contributed by atoms with Crippen LogP contribution in [-0.2, 0) is 14.7 Å². The summed E-state index contributed by atoms with van der Waals surface area (Å²) in [5, 5.41) is 1.21. The molecular weight excluding hydrogens is 429 g/mol. The number of aromatic amines is 1. The zero-order valence-corrected chi connectivity index (χ0v) is 22.0. The molecule has 1 N–H and O–H groups in total. The summed E-state index contributed by atoms with van der Waals surface area (Å²) in [5.74, 6) is 0. The van der Waals surface area contributed by atoms with E-state index in [-0.39, 0.29) is 5.41 Å². The quantitative estimate of drug-likeness (QED) is 0.310. The van der Waals surface area contributed by atoms with E-state index in [2.05, 4.69) is 126 Å². The van der Waals surface area contributed by atoms with Crippen molar-refractivity contribution in [1.29, 1.82) is 0 Å². The smallest absolute Gasteiger partial charge is 0.399 e. The van der Waals surface area contributed by atoms with E-state index in [1.54, 1.807) is 0 Å². The SMILES string of the molecule is CCC(C)(C)c1cc(B2OC(C)(C)C(C)(C)O2)c2[nH]c(-c3ccccc3)c(-c3ccccc3)c2c1. The number of aromatic nitrogens is 1. The van der Waals surface area contributed by atoms with Crippen LogP contribution in [0.3, 0.4) is 0 Å². The maximum atomic E-state index is 6.58. The number of hydrogen-bond acceptors (Lipinski definition) is 2. The van der Waals surface area contributed by atoms with Crippen molar-refractivity contribution in [2.75, 3.05) is 0 Å². The predicted octanol–water partition coefficient (Wildman–Crippen LogP) is 7.49. The van der Waals surface area contributed by atoms with Gasteiger partial charge in [0.1, 0.15) is 0 Å². The molecule has 1 saturated heterocycles. The van der Waals surface area contributed by atoms with Gasteiger partial charge >= 0.3 is 7.12 Å². The first-order chi connectivity index (χ1) is 16.5. The molecule has 3 aromatic carbocycles. The van der Waals surface area contributed by atoms with Gasteiger partial charge < -0.3 is 14.3 Å². The lowest BCUT2D eigenvalue weighted by Crippen LogP contribution is -2.41. The first-order valence-electron chi connectivity index (χ1n) is 12.7. The van der Waals surface area contributed by atoms with Crippen molar-refractivity contribution in [1.82, 2.24) is 4.98 Å². The Morgan fingerprint density at radius 3 is 1.89 bits per heavy atom. The molecule has 0 atom stereocenters. The Kier molecular flexibility index (Phi) is 5.73. The van der Waals surface area contributed by atoms with E-state index >= 15 is 0 Å². The van der Waals surface area contributed by atoms with Crippen LogP contribution >= 0.6 is 0 Å². The summed E-state index contributed by atoms with van der Waals surface area (Å²) >= 11 is 0. The van der Waals surface area contributed by atoms with Gasteiger partial charge in [-0.2, -0.15) is 0 Å². The minimum Gasteiger partial charge on any atom is -0.399 e. The summed E-state index contributed by atoms with van der Waals surface area (Å²) < 4.78 is 13.2. The van der Waals surface area contributed by atoms with Gasteiger partial charge in [-0.25, -0.2) is 0 Å². The van der Waals surface area contributed by atoms with Crippen molar-refractivity contribution < 1.29 is 9.31 Å². The maximum Gasteiger partial charge on any atom is 0.497 e. The third-order valence-corrected chi connectivity index (χ3v) is 8.24. The highest BCUT2D eigenvalue weighted by Crippen LogP contribution is 2.42. The summed E-state index contributed by atoms with van der Waals surface area (Å²) in [5.41, 5.74) is 7.36. The second-order valence-electron chi connectivity index (χ2n) is 11.4. The van der Waals surface area contributed by atoms with Gasteiger partial charge in [0, 0.05) is 21.9 Å². The molecule has 3 nitrogen and oxygen atoms in total. The van der Waals surface area contributed by atoms with Crippen LogP contribution in [0.2, 0.25) is 0 Å². The molecule has 1 aliphatic heterocycles. The van der Waals surface area contributed by atoms with E-state index in [0.29, 0.717) is 0 Å². The van der Waals surface area contributed by atoms with Gasteiger partial charge in [-0.05, 0) is 62.3 Å². The van der Waals surface area contributed by atoms with E-state index in [4.69, 9.17) is 9.31 Å². The van der Waals surface area contributed by atoms with Gasteiger partial charge in [0.2, 0.25) is 0 Å². The monoisotopic (exact) mass is 465 g/mol. The topological polar surface area (TPSA) is 34.2 Å². The Balaban J connectivity index is 1.85. The molecule has 0 bridgehead atoms. The van der Waals surface area contributed by atoms with E-state index in [1.807, 2.05) is 0 Å². The fourth-order valence-corrected chi connectivity index (χ4v) is 4.80. The van der Waals surface area contributed by atoms with Crippen molar-refractivity contribution in [3.8, 4) is 22.4 Å². The fraction of sp³-hybridized carbons (Fsp3) is 0.355. The van der Waals surface area contributed by atoms with Crippen LogP contribution in [0, 0.1) is 0 Å². The number of fused-ring (bicyclic) bond motifs is 1. The van der Waals surface area contributed by atoms with Crippen molar-refractivity contribution in [2.24, 2.45) is 0 Å². The van der Waals surface area contributed by atoms with Gasteiger partial charge in [0.25, 0.3) is 0 Å². The van der Waals surface area contributed by atoms with Crippen LogP contribution in [0.25, 0.3) is 33.3 Å². The molecule has 0 aliphatic carbocycles. The van der Waals surface area contributed by atoms with Crippen LogP contribution in [0.1, 0.15) is 60.5 Å². The van der Waals surface area contributed by atoms with Gasteiger partial charge in [-0.1, -0.05) is 87.5 Å². The normalized spacial score (nSPS) is 17.3. The van der Waals surface area contributed by atoms with Crippen molar-refractivity contribution in [3.05, 3.63) is 78.4 Å². The highest BCUT2D eigenvalue weighted by Gasteiger charge is 2.52. The summed E-state index contributed by atoms with van der Waals surface area (Å²) in [6.45, 7) is 15.3. The summed E-state index contributed by atoms with van der Waals surface area (Å²) in [7, 11) is -0.444. The molecule has 1 fully saturated rings. The van der Waals surface area contributed by atoms with E-state index in [1.165, 1.54) is 27.6 Å². The zero-order valence-electron chi connectivity index (χ0n) is 22.0. The second kappa shape index (κ2) is 8.39. The van der Waals surface area contributed by atoms with Gasteiger partial charge in [-0.15, -0.1) is 0 Å². The van der Waals surface area contributed by atoms with Gasteiger partial charge in [-0.3, -0.25) is 0 Å². The first-order valence-corrected chi connectivity index (χ1v) is 12.7. The Hall–Kier alpha value is -2.82. The van der Waals surface area contributed by atoms with E-state index < -0.39 is 18.3 Å². The minimum atomic E-state index is -0.444. The molecule has 1 aliphatic rings. The predicted molar refractivity (Wildman–Crippen MR) is 148 cm³/mol. The number of H-pyrrole nitrogens is 1. The lowest BCUT2D eigenvalue weighted by Gasteiger charge is -2.32. The molecule has 0 radical (unpaired) electrons. The molecule has 180 valence electrons. The Morgan fingerprint density at radius 2 is 1.34 bits per heavy atom. The highest BCUT2D eigenvalue weighted by atomic mass is 16.7. The average molecular weight is 465 g/mol. The maximum absolute atomic E-state index is 6.58. The molecule has 4 heteroatoms. The van der Waals surface area contributed by atoms with Crippen molar-refractivity contribution in [3.63, 3.8) is 0 Å². The van der Waals surface area contributed by atoms with Crippen molar-refractivity contribution >= 4 is 23.5 Å². The minimum absolute atomic E-state index is 0.0186. The molecule has 0 unspecified atom stereocenters. The molecule has 0 saturated carbocycles. The summed E-state index contributed by atoms with van der Waals surface area (Å²) in [6.07, 6.45) is 1.04. The third-order valence-electron chi connectivity index (χ3n) is 8.24. The summed E-state index contributed by atoms with van der Waals surface area (Å²) in [6, 6.07) is 25.9. The zero-order chi connectivity index (χ0) is 25.0. The molecule has 35 heavy (non-hydrogen) atoms. The van der Waals surface area contributed by atoms with E-state index in [0.717, 1.165) is 23.1 Å². The number of benzene rings is 3. The summed E-state index contributed by atoms with van der Waals surface area (Å²) in [4.78, 5) is 3.82. The molecule has 2 heterocycles. The van der Waals surface area contributed by atoms with Gasteiger partial charge in [0.05, 0.1) is 16.9 Å². The number of nitrogens with one attached hydrogen (secondary N) is 1. The number of rotatable bonds is 5. The largest absolute Gasteiger partial charge is 0.497 e. The number of hydrogen-bond donors (Lipinski definition) is 1. The Bertz CT molecular complexity index is 1340. The van der Waals surface area contributed by atoms with Crippen LogP contribution in [0.4, 0.5) is 0 Å². The van der Waals surface area contributed by atoms with E-state index in [9.17, 15) is 0 Å². The van der Waals surface area contributed by atoms with Crippen molar-refractivity contribution in [2.45, 2.75) is 71.5 Å². The van der Waals surface area contributed by atoms with Crippen LogP contribution < -0.4 is 5.46 Å². The molecule has 4 aromatic rings. The fourth-order valence-electron chi connectivity index (χ4n) is 4.80. The molecule has 1 aromatic heterocycles. The second-order valence-corrected chi connectivity index (χ2v) is 11.4.